The Balaban J connectivity index is 1.37. The number of ketones is 1. The van der Waals surface area contributed by atoms with Gasteiger partial charge in [0.15, 0.2) is 5.78 Å². The van der Waals surface area contributed by atoms with Gasteiger partial charge in [-0.3, -0.25) is 14.5 Å². The lowest BCUT2D eigenvalue weighted by Gasteiger charge is -2.33. The summed E-state index contributed by atoms with van der Waals surface area (Å²) < 4.78 is 27.7. The monoisotopic (exact) mass is 491 g/mol. The number of sulfonamides is 1. The smallest absolute Gasteiger partial charge is 0.243 e. The van der Waals surface area contributed by atoms with Crippen molar-refractivity contribution >= 4 is 27.4 Å². The minimum atomic E-state index is -3.58. The van der Waals surface area contributed by atoms with Gasteiger partial charge in [0, 0.05) is 37.3 Å². The summed E-state index contributed by atoms with van der Waals surface area (Å²) in [5.41, 5.74) is 3.19. The number of hydrogen-bond donors (Lipinski definition) is 1. The summed E-state index contributed by atoms with van der Waals surface area (Å²) in [6.45, 7) is 5.37. The molecule has 35 heavy (non-hydrogen) atoms. The number of nitrogens with one attached hydrogen (secondary N) is 1. The number of rotatable bonds is 7. The van der Waals surface area contributed by atoms with Crippen LogP contribution in [0, 0.1) is 13.8 Å². The van der Waals surface area contributed by atoms with Gasteiger partial charge in [-0.25, -0.2) is 8.42 Å². The zero-order valence-corrected chi connectivity index (χ0v) is 20.7. The third kappa shape index (κ3) is 5.67. The Labute approximate surface area is 206 Å². The first kappa shape index (κ1) is 24.8. The van der Waals surface area contributed by atoms with Crippen LogP contribution in [0.2, 0.25) is 0 Å². The quantitative estimate of drug-likeness (QED) is 0.512. The molecule has 1 amide bonds. The molecule has 4 rings (SSSR count). The van der Waals surface area contributed by atoms with Crippen molar-refractivity contribution in [2.45, 2.75) is 18.7 Å². The topological polar surface area (TPSA) is 86.8 Å². The van der Waals surface area contributed by atoms with Gasteiger partial charge in [0.05, 0.1) is 17.1 Å². The van der Waals surface area contributed by atoms with Gasteiger partial charge >= 0.3 is 0 Å². The Kier molecular flexibility index (Phi) is 7.45. The summed E-state index contributed by atoms with van der Waals surface area (Å²) in [5.74, 6) is -0.407. The van der Waals surface area contributed by atoms with E-state index >= 15 is 0 Å². The molecule has 1 aliphatic rings. The molecule has 8 heteroatoms. The van der Waals surface area contributed by atoms with Crippen LogP contribution < -0.4 is 5.32 Å². The number of hydrogen-bond acceptors (Lipinski definition) is 5. The van der Waals surface area contributed by atoms with E-state index in [4.69, 9.17) is 0 Å². The molecule has 1 heterocycles. The largest absolute Gasteiger partial charge is 0.324 e. The number of aryl methyl sites for hydroxylation is 2. The van der Waals surface area contributed by atoms with Crippen LogP contribution >= 0.6 is 0 Å². The highest BCUT2D eigenvalue weighted by Crippen LogP contribution is 2.23. The van der Waals surface area contributed by atoms with Gasteiger partial charge < -0.3 is 5.32 Å². The molecule has 0 spiro atoms. The minimum absolute atomic E-state index is 0.116. The zero-order valence-electron chi connectivity index (χ0n) is 19.9. The van der Waals surface area contributed by atoms with Crippen molar-refractivity contribution in [2.75, 3.05) is 38.0 Å². The summed E-state index contributed by atoms with van der Waals surface area (Å²) in [4.78, 5) is 27.9. The lowest BCUT2D eigenvalue weighted by atomic mass is 10.0. The third-order valence-corrected chi connectivity index (χ3v) is 8.19. The number of carbonyl (C=O) groups is 2. The maximum Gasteiger partial charge on any atom is 0.243 e. The predicted molar refractivity (Wildman–Crippen MR) is 136 cm³/mol. The molecule has 1 N–H and O–H groups in total. The number of benzene rings is 3. The van der Waals surface area contributed by atoms with Crippen molar-refractivity contribution < 1.29 is 18.0 Å². The van der Waals surface area contributed by atoms with Crippen molar-refractivity contribution in [3.63, 3.8) is 0 Å². The van der Waals surface area contributed by atoms with Gasteiger partial charge in [0.1, 0.15) is 0 Å². The number of anilines is 1. The van der Waals surface area contributed by atoms with Crippen molar-refractivity contribution in [3.8, 4) is 0 Å². The third-order valence-electron chi connectivity index (χ3n) is 6.13. The van der Waals surface area contributed by atoms with E-state index in [1.54, 1.807) is 67.6 Å². The Hall–Kier alpha value is -3.33. The zero-order chi connectivity index (χ0) is 25.0. The number of carbonyl (C=O) groups excluding carboxylic acids is 2. The number of para-hydroxylation sites is 1. The van der Waals surface area contributed by atoms with Gasteiger partial charge in [-0.2, -0.15) is 4.31 Å². The van der Waals surface area contributed by atoms with Crippen LogP contribution in [-0.2, 0) is 14.8 Å². The van der Waals surface area contributed by atoms with E-state index < -0.39 is 10.0 Å². The maximum atomic E-state index is 13.1. The van der Waals surface area contributed by atoms with Crippen LogP contribution in [0.4, 0.5) is 5.69 Å². The normalized spacial score (nSPS) is 15.0. The summed E-state index contributed by atoms with van der Waals surface area (Å²) in [7, 11) is -3.58. The van der Waals surface area contributed by atoms with E-state index in [0.717, 1.165) is 11.1 Å². The van der Waals surface area contributed by atoms with Gasteiger partial charge in [0.2, 0.25) is 15.9 Å². The Morgan fingerprint density at radius 2 is 1.51 bits per heavy atom. The molecular formula is C27H29N3O4S. The highest BCUT2D eigenvalue weighted by molar-refractivity contribution is 7.89. The average Bonchev–Trinajstić information content (AvgIpc) is 2.84. The molecule has 182 valence electrons. The average molecular weight is 492 g/mol. The Bertz CT molecular complexity index is 1330. The molecule has 0 unspecified atom stereocenters. The second kappa shape index (κ2) is 10.5. The first-order valence-corrected chi connectivity index (χ1v) is 13.0. The fourth-order valence-corrected chi connectivity index (χ4v) is 5.91. The summed E-state index contributed by atoms with van der Waals surface area (Å²) in [6, 6.07) is 21.2. The van der Waals surface area contributed by atoms with Crippen LogP contribution in [0.15, 0.2) is 77.7 Å². The molecule has 3 aromatic rings. The van der Waals surface area contributed by atoms with Crippen molar-refractivity contribution in [1.29, 1.82) is 0 Å². The van der Waals surface area contributed by atoms with Crippen molar-refractivity contribution in [1.82, 2.24) is 9.21 Å². The van der Waals surface area contributed by atoms with E-state index in [1.807, 2.05) is 24.0 Å². The van der Waals surface area contributed by atoms with E-state index in [2.05, 4.69) is 5.32 Å². The summed E-state index contributed by atoms with van der Waals surface area (Å²) in [6.07, 6.45) is 0. The Morgan fingerprint density at radius 1 is 0.857 bits per heavy atom. The van der Waals surface area contributed by atoms with Crippen molar-refractivity contribution in [3.05, 3.63) is 95.1 Å². The van der Waals surface area contributed by atoms with Gasteiger partial charge in [-0.05, 0) is 37.6 Å². The molecule has 0 bridgehead atoms. The molecule has 3 aromatic carbocycles. The number of nitrogens with zero attached hydrogens (tertiary/aromatic N) is 2. The van der Waals surface area contributed by atoms with Crippen molar-refractivity contribution in [2.24, 2.45) is 0 Å². The lowest BCUT2D eigenvalue weighted by molar-refractivity contribution is -0.117. The van der Waals surface area contributed by atoms with Crippen LogP contribution in [-0.4, -0.2) is 62.0 Å². The fourth-order valence-electron chi connectivity index (χ4n) is 4.28. The summed E-state index contributed by atoms with van der Waals surface area (Å²) >= 11 is 0. The molecule has 1 aliphatic heterocycles. The van der Waals surface area contributed by atoms with Crippen LogP contribution in [0.25, 0.3) is 0 Å². The highest BCUT2D eigenvalue weighted by atomic mass is 32.2. The first-order chi connectivity index (χ1) is 16.8. The van der Waals surface area contributed by atoms with E-state index in [0.29, 0.717) is 47.9 Å². The SMILES string of the molecule is Cc1ccc(S(=O)(=O)N2CCN(CC(=O)Nc3ccccc3C(=O)c3ccccc3)CC2)c(C)c1. The van der Waals surface area contributed by atoms with Gasteiger partial charge in [-0.1, -0.05) is 60.2 Å². The van der Waals surface area contributed by atoms with Crippen LogP contribution in [0.3, 0.4) is 0 Å². The standard InChI is InChI=1S/C27H29N3O4S/c1-20-12-13-25(21(2)18-20)35(33,34)30-16-14-29(15-17-30)19-26(31)28-24-11-7-6-10-23(24)27(32)22-8-4-3-5-9-22/h3-13,18H,14-17,19H2,1-2H3,(H,28,31). The molecule has 0 aromatic heterocycles. The highest BCUT2D eigenvalue weighted by Gasteiger charge is 2.30. The molecule has 0 aliphatic carbocycles. The van der Waals surface area contributed by atoms with E-state index in [-0.39, 0.29) is 18.2 Å². The minimum Gasteiger partial charge on any atom is -0.324 e. The van der Waals surface area contributed by atoms with E-state index in [1.165, 1.54) is 4.31 Å². The Morgan fingerprint density at radius 3 is 2.20 bits per heavy atom. The van der Waals surface area contributed by atoms with Crippen LogP contribution in [0.1, 0.15) is 27.0 Å². The second-order valence-corrected chi connectivity index (χ2v) is 10.6. The predicted octanol–water partition coefficient (Wildman–Crippen LogP) is 3.48. The molecule has 1 fully saturated rings. The molecule has 0 saturated carbocycles. The molecular weight excluding hydrogens is 462 g/mol. The molecule has 0 atom stereocenters. The van der Waals surface area contributed by atoms with Gasteiger partial charge in [0.25, 0.3) is 0 Å². The molecule has 1 saturated heterocycles. The van der Waals surface area contributed by atoms with E-state index in [9.17, 15) is 18.0 Å². The maximum absolute atomic E-state index is 13.1. The van der Waals surface area contributed by atoms with Gasteiger partial charge in [-0.15, -0.1) is 0 Å². The molecule has 7 nitrogen and oxygen atoms in total. The lowest BCUT2D eigenvalue weighted by Crippen LogP contribution is -2.50. The second-order valence-electron chi connectivity index (χ2n) is 8.74. The summed E-state index contributed by atoms with van der Waals surface area (Å²) in [5, 5.41) is 2.86. The fraction of sp³-hybridized carbons (Fsp3) is 0.259. The first-order valence-electron chi connectivity index (χ1n) is 11.5. The molecule has 0 radical (unpaired) electrons. The number of amides is 1. The number of piperazine rings is 1. The van der Waals surface area contributed by atoms with Crippen LogP contribution in [0.5, 0.6) is 0 Å².